The Balaban J connectivity index is 2.08. The quantitative estimate of drug-likeness (QED) is 0.757. The van der Waals surface area contributed by atoms with Crippen LogP contribution in [0.15, 0.2) is 36.4 Å². The molecule has 0 spiro atoms. The summed E-state index contributed by atoms with van der Waals surface area (Å²) in [6.07, 6.45) is -4.38. The molecule has 21 heavy (non-hydrogen) atoms. The molecule has 0 aliphatic carbocycles. The highest BCUT2D eigenvalue weighted by Gasteiger charge is 2.30. The van der Waals surface area contributed by atoms with Crippen LogP contribution in [0, 0.1) is 0 Å². The van der Waals surface area contributed by atoms with Crippen molar-refractivity contribution in [1.29, 1.82) is 0 Å². The molecule has 0 aliphatic heterocycles. The smallest absolute Gasteiger partial charge is 0.373 e. The minimum Gasteiger partial charge on any atom is -0.373 e. The van der Waals surface area contributed by atoms with E-state index in [1.165, 1.54) is 6.07 Å². The second-order valence-electron chi connectivity index (χ2n) is 4.48. The maximum atomic E-state index is 12.7. The van der Waals surface area contributed by atoms with E-state index in [2.05, 4.69) is 20.3 Å². The first-order valence-corrected chi connectivity index (χ1v) is 6.19. The molecule has 3 rings (SSSR count). The Hall–Kier alpha value is -2.57. The normalized spacial score (nSPS) is 11.8. The Morgan fingerprint density at radius 2 is 1.90 bits per heavy atom. The van der Waals surface area contributed by atoms with Gasteiger partial charge in [-0.25, -0.2) is 9.97 Å². The Morgan fingerprint density at radius 1 is 1.10 bits per heavy atom. The number of halogens is 3. The number of nitrogens with zero attached hydrogens (tertiary/aromatic N) is 2. The van der Waals surface area contributed by atoms with Crippen LogP contribution in [-0.4, -0.2) is 22.0 Å². The topological polar surface area (TPSA) is 53.6 Å². The minimum absolute atomic E-state index is 0.358. The second-order valence-corrected chi connectivity index (χ2v) is 4.48. The highest BCUT2D eigenvalue weighted by molar-refractivity contribution is 5.77. The van der Waals surface area contributed by atoms with Gasteiger partial charge in [-0.2, -0.15) is 13.2 Å². The van der Waals surface area contributed by atoms with E-state index in [0.717, 1.165) is 12.1 Å². The molecule has 0 aliphatic rings. The van der Waals surface area contributed by atoms with E-state index >= 15 is 0 Å². The number of nitrogens with one attached hydrogen (secondary N) is 2. The largest absolute Gasteiger partial charge is 0.416 e. The third-order valence-electron chi connectivity index (χ3n) is 3.07. The average Bonchev–Trinajstić information content (AvgIpc) is 2.89. The number of aromatic nitrogens is 3. The summed E-state index contributed by atoms with van der Waals surface area (Å²) in [5.74, 6) is 1.00. The maximum absolute atomic E-state index is 12.7. The van der Waals surface area contributed by atoms with Gasteiger partial charge in [-0.3, -0.25) is 0 Å². The first-order valence-electron chi connectivity index (χ1n) is 6.19. The molecule has 0 unspecified atom stereocenters. The molecule has 0 atom stereocenters. The fraction of sp³-hybridized carbons (Fsp3) is 0.143. The summed E-state index contributed by atoms with van der Waals surface area (Å²) >= 11 is 0. The first-order chi connectivity index (χ1) is 9.97. The lowest BCUT2D eigenvalue weighted by Crippen LogP contribution is -2.04. The molecule has 108 valence electrons. The van der Waals surface area contributed by atoms with E-state index in [4.69, 9.17) is 0 Å². The summed E-state index contributed by atoms with van der Waals surface area (Å²) in [6.45, 7) is 0. The third kappa shape index (κ3) is 2.54. The van der Waals surface area contributed by atoms with Crippen LogP contribution in [0.4, 0.5) is 19.0 Å². The van der Waals surface area contributed by atoms with E-state index in [9.17, 15) is 13.2 Å². The number of alkyl halides is 3. The molecular weight excluding hydrogens is 281 g/mol. The van der Waals surface area contributed by atoms with Gasteiger partial charge in [0.15, 0.2) is 5.65 Å². The monoisotopic (exact) mass is 292 g/mol. The van der Waals surface area contributed by atoms with Crippen molar-refractivity contribution in [3.05, 3.63) is 42.0 Å². The van der Waals surface area contributed by atoms with E-state index in [1.54, 1.807) is 25.2 Å². The molecule has 0 radical (unpaired) electrons. The van der Waals surface area contributed by atoms with E-state index in [-0.39, 0.29) is 0 Å². The summed E-state index contributed by atoms with van der Waals surface area (Å²) in [5, 5.41) is 2.88. The number of aromatic amines is 1. The Kier molecular flexibility index (Phi) is 3.04. The zero-order chi connectivity index (χ0) is 15.0. The fourth-order valence-electron chi connectivity index (χ4n) is 2.01. The molecule has 0 fully saturated rings. The third-order valence-corrected chi connectivity index (χ3v) is 3.07. The van der Waals surface area contributed by atoms with E-state index in [0.29, 0.717) is 28.4 Å². The molecule has 1 aromatic carbocycles. The van der Waals surface area contributed by atoms with Gasteiger partial charge >= 0.3 is 6.18 Å². The Morgan fingerprint density at radius 3 is 2.62 bits per heavy atom. The van der Waals surface area contributed by atoms with Gasteiger partial charge < -0.3 is 10.3 Å². The average molecular weight is 292 g/mol. The molecule has 2 heterocycles. The molecule has 4 nitrogen and oxygen atoms in total. The van der Waals surface area contributed by atoms with Crippen molar-refractivity contribution >= 4 is 17.0 Å². The number of H-pyrrole nitrogens is 1. The summed E-state index contributed by atoms with van der Waals surface area (Å²) in [4.78, 5) is 11.4. The molecule has 0 bridgehead atoms. The zero-order valence-corrected chi connectivity index (χ0v) is 11.0. The van der Waals surface area contributed by atoms with Crippen molar-refractivity contribution in [2.75, 3.05) is 12.4 Å². The molecule has 0 saturated carbocycles. The minimum atomic E-state index is -4.38. The van der Waals surface area contributed by atoms with Gasteiger partial charge in [-0.15, -0.1) is 0 Å². The van der Waals surface area contributed by atoms with Gasteiger partial charge in [0.05, 0.1) is 11.1 Å². The van der Waals surface area contributed by atoms with E-state index < -0.39 is 11.7 Å². The van der Waals surface area contributed by atoms with Crippen LogP contribution in [-0.2, 0) is 6.18 Å². The van der Waals surface area contributed by atoms with Gasteiger partial charge in [-0.1, -0.05) is 12.1 Å². The number of hydrogen-bond acceptors (Lipinski definition) is 3. The maximum Gasteiger partial charge on any atom is 0.416 e. The van der Waals surface area contributed by atoms with Gasteiger partial charge in [0.25, 0.3) is 0 Å². The lowest BCUT2D eigenvalue weighted by molar-refractivity contribution is -0.137. The van der Waals surface area contributed by atoms with Crippen LogP contribution in [0.25, 0.3) is 22.6 Å². The standard InChI is InChI=1S/C14H11F3N4/c1-18-11-6-5-10-13(20-11)21-12(19-10)8-3-2-4-9(7-8)14(15,16)17/h2-7H,1H3,(H2,18,19,20,21). The fourth-order valence-corrected chi connectivity index (χ4v) is 2.01. The van der Waals surface area contributed by atoms with Gasteiger partial charge in [0.2, 0.25) is 0 Å². The van der Waals surface area contributed by atoms with E-state index in [1.807, 2.05) is 0 Å². The van der Waals surface area contributed by atoms with Crippen LogP contribution in [0.2, 0.25) is 0 Å². The van der Waals surface area contributed by atoms with Gasteiger partial charge in [0, 0.05) is 12.6 Å². The highest BCUT2D eigenvalue weighted by Crippen LogP contribution is 2.31. The number of fused-ring (bicyclic) bond motifs is 1. The molecule has 3 aromatic rings. The summed E-state index contributed by atoms with van der Waals surface area (Å²) < 4.78 is 38.2. The second kappa shape index (κ2) is 4.76. The SMILES string of the molecule is CNc1ccc2[nH]c(-c3cccc(C(F)(F)F)c3)nc2n1. The molecule has 7 heteroatoms. The van der Waals surface area contributed by atoms with Crippen LogP contribution >= 0.6 is 0 Å². The summed E-state index contributed by atoms with van der Waals surface area (Å²) in [6, 6.07) is 8.57. The lowest BCUT2D eigenvalue weighted by Gasteiger charge is -2.07. The van der Waals surface area contributed by atoms with Crippen molar-refractivity contribution in [2.24, 2.45) is 0 Å². The van der Waals surface area contributed by atoms with Crippen LogP contribution < -0.4 is 5.32 Å². The number of benzene rings is 1. The molecule has 2 aromatic heterocycles. The number of anilines is 1. The zero-order valence-electron chi connectivity index (χ0n) is 11.0. The number of hydrogen-bond donors (Lipinski definition) is 2. The van der Waals surface area contributed by atoms with Crippen molar-refractivity contribution in [2.45, 2.75) is 6.18 Å². The van der Waals surface area contributed by atoms with Crippen molar-refractivity contribution in [1.82, 2.24) is 15.0 Å². The van der Waals surface area contributed by atoms with Crippen LogP contribution in [0.5, 0.6) is 0 Å². The predicted octanol–water partition coefficient (Wildman–Crippen LogP) is 3.69. The number of pyridine rings is 1. The Labute approximate surface area is 118 Å². The van der Waals surface area contributed by atoms with Gasteiger partial charge in [0.1, 0.15) is 11.6 Å². The van der Waals surface area contributed by atoms with Crippen LogP contribution in [0.1, 0.15) is 5.56 Å². The first kappa shape index (κ1) is 13.4. The molecule has 0 amide bonds. The Bertz CT molecular complexity index is 792. The van der Waals surface area contributed by atoms with Crippen molar-refractivity contribution in [3.8, 4) is 11.4 Å². The molecule has 2 N–H and O–H groups in total. The number of rotatable bonds is 2. The van der Waals surface area contributed by atoms with Crippen molar-refractivity contribution in [3.63, 3.8) is 0 Å². The predicted molar refractivity (Wildman–Crippen MR) is 73.9 cm³/mol. The summed E-state index contributed by atoms with van der Waals surface area (Å²) in [5.41, 5.74) is 0.786. The molecule has 0 saturated heterocycles. The highest BCUT2D eigenvalue weighted by atomic mass is 19.4. The molecular formula is C14H11F3N4. The van der Waals surface area contributed by atoms with Crippen LogP contribution in [0.3, 0.4) is 0 Å². The number of imidazole rings is 1. The van der Waals surface area contributed by atoms with Gasteiger partial charge in [-0.05, 0) is 24.3 Å². The summed E-state index contributed by atoms with van der Waals surface area (Å²) in [7, 11) is 1.73. The lowest BCUT2D eigenvalue weighted by atomic mass is 10.1. The van der Waals surface area contributed by atoms with Crippen molar-refractivity contribution < 1.29 is 13.2 Å².